The Morgan fingerprint density at radius 3 is 2.80 bits per heavy atom. The van der Waals surface area contributed by atoms with Crippen LogP contribution in [0.1, 0.15) is 46.0 Å². The Morgan fingerprint density at radius 1 is 1.35 bits per heavy atom. The van der Waals surface area contributed by atoms with Crippen LogP contribution in [-0.2, 0) is 0 Å². The third-order valence-corrected chi connectivity index (χ3v) is 4.79. The molecule has 1 saturated carbocycles. The van der Waals surface area contributed by atoms with Gasteiger partial charge in [-0.05, 0) is 49.3 Å². The molecule has 2 nitrogen and oxygen atoms in total. The second-order valence-corrected chi connectivity index (χ2v) is 6.55. The van der Waals surface area contributed by atoms with Crippen LogP contribution in [-0.4, -0.2) is 12.1 Å². The Balaban J connectivity index is 2.09. The molecule has 1 aliphatic carbocycles. The van der Waals surface area contributed by atoms with Crippen LogP contribution < -0.4 is 11.1 Å². The Labute approximate surface area is 121 Å². The summed E-state index contributed by atoms with van der Waals surface area (Å²) >= 11 is 0. The molecule has 0 heterocycles. The largest absolute Gasteiger partial charge is 0.378 e. The highest BCUT2D eigenvalue weighted by molar-refractivity contribution is 5.46. The van der Waals surface area contributed by atoms with Crippen LogP contribution in [0, 0.1) is 17.7 Å². The lowest BCUT2D eigenvalue weighted by Crippen LogP contribution is -2.45. The van der Waals surface area contributed by atoms with E-state index in [1.165, 1.54) is 25.3 Å². The number of benzene rings is 1. The first-order valence-corrected chi connectivity index (χ1v) is 7.78. The van der Waals surface area contributed by atoms with Crippen molar-refractivity contribution in [3.63, 3.8) is 0 Å². The van der Waals surface area contributed by atoms with E-state index in [4.69, 9.17) is 5.73 Å². The lowest BCUT2D eigenvalue weighted by Gasteiger charge is -2.34. The van der Waals surface area contributed by atoms with Gasteiger partial charge in [-0.1, -0.05) is 32.8 Å². The molecule has 0 bridgehead atoms. The summed E-state index contributed by atoms with van der Waals surface area (Å²) in [5.74, 6) is 1.33. The number of halogens is 1. The summed E-state index contributed by atoms with van der Waals surface area (Å²) in [6, 6.07) is 6.70. The Bertz CT molecular complexity index is 433. The number of hydrogen-bond donors (Lipinski definition) is 2. The van der Waals surface area contributed by atoms with E-state index in [1.807, 2.05) is 6.07 Å². The fourth-order valence-corrected chi connectivity index (χ4v) is 3.35. The number of hydrogen-bond acceptors (Lipinski definition) is 2. The van der Waals surface area contributed by atoms with Gasteiger partial charge in [0.1, 0.15) is 5.82 Å². The predicted octanol–water partition coefficient (Wildman–Crippen LogP) is 4.17. The molecule has 0 spiro atoms. The maximum absolute atomic E-state index is 13.3. The predicted molar refractivity (Wildman–Crippen MR) is 83.2 cm³/mol. The van der Waals surface area contributed by atoms with Gasteiger partial charge in [0.25, 0.3) is 0 Å². The fraction of sp³-hybridized carbons (Fsp3) is 0.647. The van der Waals surface area contributed by atoms with E-state index in [1.54, 1.807) is 12.1 Å². The summed E-state index contributed by atoms with van der Waals surface area (Å²) in [7, 11) is 0. The van der Waals surface area contributed by atoms with Gasteiger partial charge in [-0.15, -0.1) is 0 Å². The number of nitrogens with two attached hydrogens (primary N) is 1. The first kappa shape index (κ1) is 15.3. The van der Waals surface area contributed by atoms with E-state index < -0.39 is 0 Å². The summed E-state index contributed by atoms with van der Waals surface area (Å²) in [6.45, 7) is 5.22. The number of rotatable bonds is 4. The fourth-order valence-electron chi connectivity index (χ4n) is 3.35. The van der Waals surface area contributed by atoms with Crippen molar-refractivity contribution in [1.29, 1.82) is 0 Å². The Morgan fingerprint density at radius 2 is 2.15 bits per heavy atom. The molecule has 0 amide bonds. The molecule has 0 aliphatic heterocycles. The molecule has 0 radical (unpaired) electrons. The van der Waals surface area contributed by atoms with E-state index in [9.17, 15) is 4.39 Å². The molecule has 2 unspecified atom stereocenters. The zero-order valence-corrected chi connectivity index (χ0v) is 12.7. The van der Waals surface area contributed by atoms with Gasteiger partial charge in [0.15, 0.2) is 0 Å². The molecule has 1 aromatic rings. The second kappa shape index (κ2) is 6.57. The van der Waals surface area contributed by atoms with Crippen molar-refractivity contribution in [3.05, 3.63) is 30.1 Å². The third-order valence-electron chi connectivity index (χ3n) is 4.79. The zero-order chi connectivity index (χ0) is 14.6. The number of nitrogens with one attached hydrogen (secondary N) is 1. The molecule has 0 saturated heterocycles. The van der Waals surface area contributed by atoms with Crippen LogP contribution in [0.5, 0.6) is 0 Å². The Kier molecular flexibility index (Phi) is 5.03. The topological polar surface area (TPSA) is 38.0 Å². The summed E-state index contributed by atoms with van der Waals surface area (Å²) < 4.78 is 13.3. The maximum Gasteiger partial charge on any atom is 0.125 e. The van der Waals surface area contributed by atoms with Gasteiger partial charge >= 0.3 is 0 Å². The smallest absolute Gasteiger partial charge is 0.125 e. The Hall–Kier alpha value is -1.09. The van der Waals surface area contributed by atoms with E-state index in [0.29, 0.717) is 6.54 Å². The van der Waals surface area contributed by atoms with Crippen LogP contribution in [0.2, 0.25) is 0 Å². The van der Waals surface area contributed by atoms with Crippen molar-refractivity contribution >= 4 is 5.69 Å². The van der Waals surface area contributed by atoms with Gasteiger partial charge in [-0.25, -0.2) is 4.39 Å². The number of anilines is 1. The SMILES string of the molecule is CC(C)C1CCCC(CN)(Nc2cccc(F)c2)CC1. The van der Waals surface area contributed by atoms with Gasteiger partial charge in [-0.2, -0.15) is 0 Å². The lowest BCUT2D eigenvalue weighted by atomic mass is 9.86. The van der Waals surface area contributed by atoms with Gasteiger partial charge in [0.05, 0.1) is 0 Å². The molecule has 3 heteroatoms. The molecule has 3 N–H and O–H groups in total. The van der Waals surface area contributed by atoms with Crippen molar-refractivity contribution in [2.45, 2.75) is 51.5 Å². The summed E-state index contributed by atoms with van der Waals surface area (Å²) in [5.41, 5.74) is 6.83. The summed E-state index contributed by atoms with van der Waals surface area (Å²) in [5, 5.41) is 3.52. The van der Waals surface area contributed by atoms with Crippen LogP contribution in [0.15, 0.2) is 24.3 Å². The van der Waals surface area contributed by atoms with Gasteiger partial charge in [0, 0.05) is 17.8 Å². The van der Waals surface area contributed by atoms with Crippen molar-refractivity contribution in [2.75, 3.05) is 11.9 Å². The molecule has 1 fully saturated rings. The summed E-state index contributed by atoms with van der Waals surface area (Å²) in [6.07, 6.45) is 5.83. The van der Waals surface area contributed by atoms with Crippen molar-refractivity contribution in [3.8, 4) is 0 Å². The van der Waals surface area contributed by atoms with Gasteiger partial charge in [-0.3, -0.25) is 0 Å². The molecule has 0 aromatic heterocycles. The van der Waals surface area contributed by atoms with Crippen LogP contribution in [0.4, 0.5) is 10.1 Å². The molecule has 1 aliphatic rings. The van der Waals surface area contributed by atoms with E-state index in [2.05, 4.69) is 19.2 Å². The summed E-state index contributed by atoms with van der Waals surface area (Å²) in [4.78, 5) is 0. The van der Waals surface area contributed by atoms with Crippen molar-refractivity contribution < 1.29 is 4.39 Å². The van der Waals surface area contributed by atoms with Crippen LogP contribution in [0.25, 0.3) is 0 Å². The highest BCUT2D eigenvalue weighted by atomic mass is 19.1. The average molecular weight is 278 g/mol. The maximum atomic E-state index is 13.3. The standard InChI is InChI=1S/C17H27FN2/c1-13(2)14-5-4-9-17(12-19,10-8-14)20-16-7-3-6-15(18)11-16/h3,6-7,11,13-14,20H,4-5,8-10,12,19H2,1-2H3. The van der Waals surface area contributed by atoms with Crippen LogP contribution in [0.3, 0.4) is 0 Å². The minimum atomic E-state index is -0.198. The van der Waals surface area contributed by atoms with E-state index in [0.717, 1.165) is 30.4 Å². The quantitative estimate of drug-likeness (QED) is 0.811. The first-order chi connectivity index (χ1) is 9.54. The normalized spacial score (nSPS) is 27.4. The van der Waals surface area contributed by atoms with Gasteiger partial charge < -0.3 is 11.1 Å². The molecule has 1 aromatic carbocycles. The molecule has 20 heavy (non-hydrogen) atoms. The molecular formula is C17H27FN2. The molecule has 2 rings (SSSR count). The minimum Gasteiger partial charge on any atom is -0.378 e. The average Bonchev–Trinajstić information content (AvgIpc) is 2.62. The molecule has 2 atom stereocenters. The monoisotopic (exact) mass is 278 g/mol. The highest BCUT2D eigenvalue weighted by Gasteiger charge is 2.32. The zero-order valence-electron chi connectivity index (χ0n) is 12.7. The van der Waals surface area contributed by atoms with Crippen molar-refractivity contribution in [1.82, 2.24) is 0 Å². The van der Waals surface area contributed by atoms with Crippen molar-refractivity contribution in [2.24, 2.45) is 17.6 Å². The lowest BCUT2D eigenvalue weighted by molar-refractivity contribution is 0.332. The highest BCUT2D eigenvalue weighted by Crippen LogP contribution is 2.35. The first-order valence-electron chi connectivity index (χ1n) is 7.78. The van der Waals surface area contributed by atoms with E-state index >= 15 is 0 Å². The van der Waals surface area contributed by atoms with Gasteiger partial charge in [0.2, 0.25) is 0 Å². The minimum absolute atomic E-state index is 0.0720. The van der Waals surface area contributed by atoms with E-state index in [-0.39, 0.29) is 11.4 Å². The molecular weight excluding hydrogens is 251 g/mol. The third kappa shape index (κ3) is 3.72. The molecule has 112 valence electrons. The van der Waals surface area contributed by atoms with Crippen LogP contribution >= 0.6 is 0 Å². The second-order valence-electron chi connectivity index (χ2n) is 6.55.